The third kappa shape index (κ3) is 5.54. The van der Waals surface area contributed by atoms with Gasteiger partial charge in [0.05, 0.1) is 11.0 Å². The molecule has 0 radical (unpaired) electrons. The highest BCUT2D eigenvalue weighted by Gasteiger charge is 2.20. The van der Waals surface area contributed by atoms with Gasteiger partial charge in [-0.15, -0.1) is 0 Å². The Morgan fingerprint density at radius 1 is 1.18 bits per heavy atom. The molecule has 0 aliphatic carbocycles. The van der Waals surface area contributed by atoms with E-state index >= 15 is 0 Å². The summed E-state index contributed by atoms with van der Waals surface area (Å²) in [4.78, 5) is 12.4. The molecule has 0 spiro atoms. The van der Waals surface area contributed by atoms with Crippen LogP contribution in [0.4, 0.5) is 5.69 Å². The van der Waals surface area contributed by atoms with Crippen LogP contribution in [-0.4, -0.2) is 39.7 Å². The Morgan fingerprint density at radius 3 is 2.54 bits per heavy atom. The van der Waals surface area contributed by atoms with Gasteiger partial charge in [0.1, 0.15) is 5.75 Å². The molecule has 2 aromatic carbocycles. The Morgan fingerprint density at radius 2 is 1.89 bits per heavy atom. The number of benzene rings is 2. The van der Waals surface area contributed by atoms with Crippen LogP contribution in [0.25, 0.3) is 0 Å². The lowest BCUT2D eigenvalue weighted by atomic mass is 10.2. The monoisotopic (exact) mass is 404 g/mol. The molecule has 1 saturated heterocycles. The second kappa shape index (κ2) is 9.18. The number of amides is 1. The van der Waals surface area contributed by atoms with Gasteiger partial charge in [-0.2, -0.15) is 0 Å². The third-order valence-corrected chi connectivity index (χ3v) is 5.82. The molecule has 1 amide bonds. The molecule has 150 valence electrons. The molecule has 2 N–H and O–H groups in total. The molecule has 8 heteroatoms. The van der Waals surface area contributed by atoms with E-state index in [4.69, 9.17) is 9.47 Å². The van der Waals surface area contributed by atoms with Gasteiger partial charge in [-0.3, -0.25) is 4.79 Å². The summed E-state index contributed by atoms with van der Waals surface area (Å²) < 4.78 is 38.3. The first-order valence-corrected chi connectivity index (χ1v) is 10.7. The van der Waals surface area contributed by atoms with Crippen LogP contribution in [0.2, 0.25) is 0 Å². The SMILES string of the molecule is C[C@@H](Oc1ccccc1)C(=O)Nc1ccc(S(=O)(=O)NC[C@H]2CCCO2)cc1. The summed E-state index contributed by atoms with van der Waals surface area (Å²) in [6.45, 7) is 2.58. The molecule has 1 aliphatic heterocycles. The minimum Gasteiger partial charge on any atom is -0.481 e. The van der Waals surface area contributed by atoms with Crippen LogP contribution >= 0.6 is 0 Å². The first-order valence-electron chi connectivity index (χ1n) is 9.18. The maximum absolute atomic E-state index is 12.4. The minimum absolute atomic E-state index is 0.0700. The van der Waals surface area contributed by atoms with E-state index in [1.54, 1.807) is 31.2 Å². The van der Waals surface area contributed by atoms with Crippen molar-refractivity contribution >= 4 is 21.6 Å². The molecule has 0 bridgehead atoms. The molecule has 2 atom stereocenters. The number of anilines is 1. The summed E-state index contributed by atoms with van der Waals surface area (Å²) in [6, 6.07) is 15.1. The standard InChI is InChI=1S/C20H24N2O5S/c1-15(27-17-6-3-2-4-7-17)20(23)22-16-9-11-19(12-10-16)28(24,25)21-14-18-8-5-13-26-18/h2-4,6-7,9-12,15,18,21H,5,8,13-14H2,1H3,(H,22,23)/t15-,18-/m1/s1. The highest BCUT2D eigenvalue weighted by atomic mass is 32.2. The topological polar surface area (TPSA) is 93.7 Å². The predicted molar refractivity (Wildman–Crippen MR) is 106 cm³/mol. The van der Waals surface area contributed by atoms with Crippen LogP contribution in [0, 0.1) is 0 Å². The number of hydrogen-bond acceptors (Lipinski definition) is 5. The molecule has 1 heterocycles. The Labute approximate surface area is 165 Å². The molecule has 2 aromatic rings. The molecule has 7 nitrogen and oxygen atoms in total. The molecule has 0 saturated carbocycles. The number of para-hydroxylation sites is 1. The Bertz CT molecular complexity index is 879. The quantitative estimate of drug-likeness (QED) is 0.705. The molecule has 0 unspecified atom stereocenters. The Kier molecular flexibility index (Phi) is 6.66. The number of carbonyl (C=O) groups is 1. The summed E-state index contributed by atoms with van der Waals surface area (Å²) >= 11 is 0. The van der Waals surface area contributed by atoms with E-state index in [0.717, 1.165) is 12.8 Å². The number of nitrogens with one attached hydrogen (secondary N) is 2. The van der Waals surface area contributed by atoms with Crippen LogP contribution in [0.1, 0.15) is 19.8 Å². The predicted octanol–water partition coefficient (Wildman–Crippen LogP) is 2.55. The zero-order valence-electron chi connectivity index (χ0n) is 15.6. The van der Waals surface area contributed by atoms with E-state index in [0.29, 0.717) is 18.0 Å². The van der Waals surface area contributed by atoms with Crippen molar-refractivity contribution in [3.8, 4) is 5.75 Å². The summed E-state index contributed by atoms with van der Waals surface area (Å²) in [6.07, 6.45) is 1.04. The fourth-order valence-electron chi connectivity index (χ4n) is 2.81. The van der Waals surface area contributed by atoms with Crippen molar-refractivity contribution in [2.45, 2.75) is 36.9 Å². The van der Waals surface area contributed by atoms with Crippen molar-refractivity contribution in [1.82, 2.24) is 4.72 Å². The third-order valence-electron chi connectivity index (χ3n) is 4.38. The van der Waals surface area contributed by atoms with Crippen molar-refractivity contribution in [2.24, 2.45) is 0 Å². The first kappa shape index (κ1) is 20.3. The van der Waals surface area contributed by atoms with Crippen molar-refractivity contribution in [2.75, 3.05) is 18.5 Å². The summed E-state index contributed by atoms with van der Waals surface area (Å²) in [7, 11) is -3.62. The van der Waals surface area contributed by atoms with E-state index in [-0.39, 0.29) is 23.5 Å². The van der Waals surface area contributed by atoms with Crippen LogP contribution in [0.3, 0.4) is 0 Å². The van der Waals surface area contributed by atoms with Crippen molar-refractivity contribution < 1.29 is 22.7 Å². The van der Waals surface area contributed by atoms with Gasteiger partial charge in [-0.25, -0.2) is 13.1 Å². The Hall–Kier alpha value is -2.42. The fraction of sp³-hybridized carbons (Fsp3) is 0.350. The van der Waals surface area contributed by atoms with E-state index in [9.17, 15) is 13.2 Å². The van der Waals surface area contributed by atoms with Crippen molar-refractivity contribution in [1.29, 1.82) is 0 Å². The summed E-state index contributed by atoms with van der Waals surface area (Å²) in [5.74, 6) is 0.278. The maximum Gasteiger partial charge on any atom is 0.265 e. The average molecular weight is 404 g/mol. The van der Waals surface area contributed by atoms with E-state index in [1.165, 1.54) is 12.1 Å². The lowest BCUT2D eigenvalue weighted by Crippen LogP contribution is -2.32. The van der Waals surface area contributed by atoms with Gasteiger partial charge in [0.15, 0.2) is 6.10 Å². The molecular weight excluding hydrogens is 380 g/mol. The first-order chi connectivity index (χ1) is 13.4. The van der Waals surface area contributed by atoms with Gasteiger partial charge >= 0.3 is 0 Å². The maximum atomic E-state index is 12.4. The van der Waals surface area contributed by atoms with Crippen LogP contribution in [0.5, 0.6) is 5.75 Å². The highest BCUT2D eigenvalue weighted by molar-refractivity contribution is 7.89. The molecular formula is C20H24N2O5S. The average Bonchev–Trinajstić information content (AvgIpc) is 3.21. The summed E-state index contributed by atoms with van der Waals surface area (Å²) in [5.41, 5.74) is 0.492. The van der Waals surface area contributed by atoms with Crippen LogP contribution in [0.15, 0.2) is 59.5 Å². The molecule has 3 rings (SSSR count). The highest BCUT2D eigenvalue weighted by Crippen LogP contribution is 2.17. The van der Waals surface area contributed by atoms with Gasteiger partial charge in [-0.05, 0) is 56.2 Å². The van der Waals surface area contributed by atoms with Crippen LogP contribution in [-0.2, 0) is 19.6 Å². The van der Waals surface area contributed by atoms with Gasteiger partial charge in [0, 0.05) is 18.8 Å². The second-order valence-corrected chi connectivity index (χ2v) is 8.34. The van der Waals surface area contributed by atoms with E-state index in [2.05, 4.69) is 10.0 Å². The number of carbonyl (C=O) groups excluding carboxylic acids is 1. The summed E-state index contributed by atoms with van der Waals surface area (Å²) in [5, 5.41) is 2.72. The normalized spacial score (nSPS) is 17.8. The Balaban J connectivity index is 1.55. The molecule has 1 aliphatic rings. The zero-order valence-corrected chi connectivity index (χ0v) is 16.4. The number of hydrogen-bond donors (Lipinski definition) is 2. The van der Waals surface area contributed by atoms with E-state index in [1.807, 2.05) is 18.2 Å². The largest absolute Gasteiger partial charge is 0.481 e. The van der Waals surface area contributed by atoms with Crippen molar-refractivity contribution in [3.05, 3.63) is 54.6 Å². The number of ether oxygens (including phenoxy) is 2. The second-order valence-electron chi connectivity index (χ2n) is 6.57. The zero-order chi connectivity index (χ0) is 20.0. The van der Waals surface area contributed by atoms with Crippen molar-refractivity contribution in [3.63, 3.8) is 0 Å². The minimum atomic E-state index is -3.62. The molecule has 28 heavy (non-hydrogen) atoms. The number of sulfonamides is 1. The molecule has 0 aromatic heterocycles. The lowest BCUT2D eigenvalue weighted by molar-refractivity contribution is -0.122. The van der Waals surface area contributed by atoms with Crippen LogP contribution < -0.4 is 14.8 Å². The van der Waals surface area contributed by atoms with Gasteiger partial charge in [0.2, 0.25) is 10.0 Å². The lowest BCUT2D eigenvalue weighted by Gasteiger charge is -2.15. The number of rotatable bonds is 8. The smallest absolute Gasteiger partial charge is 0.265 e. The van der Waals surface area contributed by atoms with E-state index < -0.39 is 16.1 Å². The van der Waals surface area contributed by atoms with Gasteiger partial charge < -0.3 is 14.8 Å². The fourth-order valence-corrected chi connectivity index (χ4v) is 3.88. The molecule has 1 fully saturated rings. The van der Waals surface area contributed by atoms with Gasteiger partial charge in [0.25, 0.3) is 5.91 Å². The van der Waals surface area contributed by atoms with Gasteiger partial charge in [-0.1, -0.05) is 18.2 Å².